The third kappa shape index (κ3) is 5.87. The highest BCUT2D eigenvalue weighted by Gasteiger charge is 2.23. The SMILES string of the molecule is O=C(O)c1ccc(-c2c(-c3ccc(C(=O)O)cc3)c3cc4nc(cc5ccc(cc6nc(cc2n3-c2ccc(C(=O)O)cc2)C=C6)[nH]5)C=C4)cc1. The molecule has 4 N–H and O–H groups in total. The highest BCUT2D eigenvalue weighted by Crippen LogP contribution is 2.43. The first-order valence-electron chi connectivity index (χ1n) is 15.9. The number of aromatic carboxylic acids is 3. The van der Waals surface area contributed by atoms with E-state index in [9.17, 15) is 29.7 Å². The number of nitrogens with zero attached hydrogens (tertiary/aromatic N) is 3. The molecule has 246 valence electrons. The molecule has 0 spiro atoms. The van der Waals surface area contributed by atoms with Crippen LogP contribution in [-0.4, -0.2) is 52.7 Å². The number of fused-ring (bicyclic) bond motifs is 8. The fourth-order valence-electron chi connectivity index (χ4n) is 6.36. The highest BCUT2D eigenvalue weighted by atomic mass is 16.4. The molecule has 2 aliphatic heterocycles. The molecule has 0 unspecified atom stereocenters. The Hall–Kier alpha value is -7.33. The van der Waals surface area contributed by atoms with E-state index in [0.29, 0.717) is 50.4 Å². The van der Waals surface area contributed by atoms with Gasteiger partial charge in [0.05, 0.1) is 50.5 Å². The molecule has 0 fully saturated rings. The van der Waals surface area contributed by atoms with E-state index >= 15 is 0 Å². The maximum atomic E-state index is 11.9. The van der Waals surface area contributed by atoms with E-state index in [1.807, 2.05) is 65.3 Å². The first-order chi connectivity index (χ1) is 24.7. The lowest BCUT2D eigenvalue weighted by Gasteiger charge is -2.09. The van der Waals surface area contributed by atoms with Crippen LogP contribution in [0.5, 0.6) is 0 Å². The number of aromatic nitrogens is 4. The first-order valence-corrected chi connectivity index (χ1v) is 15.9. The number of H-pyrrole nitrogens is 1. The third-order valence-corrected chi connectivity index (χ3v) is 8.73. The summed E-state index contributed by atoms with van der Waals surface area (Å²) in [6, 6.07) is 31.3. The van der Waals surface area contributed by atoms with Crippen LogP contribution in [-0.2, 0) is 0 Å². The molecule has 0 saturated carbocycles. The summed E-state index contributed by atoms with van der Waals surface area (Å²) in [6.07, 6.45) is 7.62. The van der Waals surface area contributed by atoms with Crippen LogP contribution in [0.2, 0.25) is 0 Å². The number of carbonyl (C=O) groups is 3. The zero-order valence-corrected chi connectivity index (χ0v) is 26.6. The molecule has 0 atom stereocenters. The molecule has 10 heteroatoms. The largest absolute Gasteiger partial charge is 0.478 e. The van der Waals surface area contributed by atoms with Gasteiger partial charge < -0.3 is 24.9 Å². The number of hydrogen-bond donors (Lipinski definition) is 4. The minimum Gasteiger partial charge on any atom is -0.478 e. The number of aromatic amines is 1. The normalized spacial score (nSPS) is 11.8. The van der Waals surface area contributed by atoms with Gasteiger partial charge in [0.2, 0.25) is 0 Å². The van der Waals surface area contributed by atoms with E-state index in [2.05, 4.69) is 4.98 Å². The molecule has 0 saturated heterocycles. The minimum atomic E-state index is -1.06. The van der Waals surface area contributed by atoms with Gasteiger partial charge in [0.15, 0.2) is 0 Å². The minimum absolute atomic E-state index is 0.118. The van der Waals surface area contributed by atoms with Gasteiger partial charge >= 0.3 is 17.9 Å². The van der Waals surface area contributed by atoms with Gasteiger partial charge in [-0.3, -0.25) is 0 Å². The Morgan fingerprint density at radius 2 is 0.824 bits per heavy atom. The Bertz CT molecular complexity index is 2490. The summed E-state index contributed by atoms with van der Waals surface area (Å²) >= 11 is 0. The van der Waals surface area contributed by atoms with Gasteiger partial charge in [0.1, 0.15) is 0 Å². The first kappa shape index (κ1) is 31.0. The van der Waals surface area contributed by atoms with E-state index in [1.54, 1.807) is 36.4 Å². The van der Waals surface area contributed by atoms with E-state index in [4.69, 9.17) is 9.97 Å². The zero-order valence-electron chi connectivity index (χ0n) is 26.6. The van der Waals surface area contributed by atoms with Gasteiger partial charge in [-0.05, 0) is 120 Å². The van der Waals surface area contributed by atoms with Crippen molar-refractivity contribution < 1.29 is 29.7 Å². The van der Waals surface area contributed by atoms with Crippen molar-refractivity contribution >= 4 is 64.3 Å². The van der Waals surface area contributed by atoms with Crippen molar-refractivity contribution in [1.82, 2.24) is 19.5 Å². The quantitative estimate of drug-likeness (QED) is 0.137. The summed E-state index contributed by atoms with van der Waals surface area (Å²) in [5, 5.41) is 29.1. The van der Waals surface area contributed by atoms with Crippen LogP contribution in [0.1, 0.15) is 53.8 Å². The zero-order chi connectivity index (χ0) is 35.2. The smallest absolute Gasteiger partial charge is 0.335 e. The Kier molecular flexibility index (Phi) is 7.46. The van der Waals surface area contributed by atoms with E-state index in [0.717, 1.165) is 22.4 Å². The molecule has 6 aromatic rings. The van der Waals surface area contributed by atoms with Crippen LogP contribution in [0.4, 0.5) is 0 Å². The summed E-state index contributed by atoms with van der Waals surface area (Å²) in [4.78, 5) is 48.7. The summed E-state index contributed by atoms with van der Waals surface area (Å²) in [5.74, 6) is -3.18. The van der Waals surface area contributed by atoms with Crippen molar-refractivity contribution in [2.45, 2.75) is 0 Å². The lowest BCUT2D eigenvalue weighted by molar-refractivity contribution is 0.0686. The molecule has 3 aromatic carbocycles. The maximum Gasteiger partial charge on any atom is 0.335 e. The van der Waals surface area contributed by atoms with Crippen LogP contribution in [0.25, 0.3) is 74.3 Å². The summed E-state index contributed by atoms with van der Waals surface area (Å²) in [7, 11) is 0. The molecule has 8 bridgehead atoms. The molecule has 10 nitrogen and oxygen atoms in total. The number of hydrogen-bond acceptors (Lipinski definition) is 5. The Morgan fingerprint density at radius 3 is 1.20 bits per heavy atom. The molecule has 3 aromatic heterocycles. The van der Waals surface area contributed by atoms with Crippen LogP contribution < -0.4 is 0 Å². The number of benzene rings is 3. The summed E-state index contributed by atoms with van der Waals surface area (Å²) < 4.78 is 1.99. The number of carboxylic acid groups (broad SMARTS) is 3. The van der Waals surface area contributed by atoms with Crippen molar-refractivity contribution in [2.24, 2.45) is 0 Å². The van der Waals surface area contributed by atoms with Crippen molar-refractivity contribution in [3.8, 4) is 27.9 Å². The molecule has 0 aliphatic carbocycles. The van der Waals surface area contributed by atoms with Crippen LogP contribution in [0, 0.1) is 0 Å². The monoisotopic (exact) mass is 670 g/mol. The molecule has 0 amide bonds. The van der Waals surface area contributed by atoms with Gasteiger partial charge in [-0.1, -0.05) is 24.3 Å². The van der Waals surface area contributed by atoms with Gasteiger partial charge in [-0.25, -0.2) is 24.4 Å². The van der Waals surface area contributed by atoms with Gasteiger partial charge in [0.25, 0.3) is 0 Å². The van der Waals surface area contributed by atoms with Crippen molar-refractivity contribution in [3.05, 3.63) is 149 Å². The molecule has 5 heterocycles. The van der Waals surface area contributed by atoms with E-state index in [1.165, 1.54) is 36.4 Å². The molecule has 51 heavy (non-hydrogen) atoms. The molecular formula is C41H26N4O6. The summed E-state index contributed by atoms with van der Waals surface area (Å²) in [6.45, 7) is 0. The maximum absolute atomic E-state index is 11.9. The fraction of sp³-hybridized carbons (Fsp3) is 0. The van der Waals surface area contributed by atoms with E-state index in [-0.39, 0.29) is 16.7 Å². The lowest BCUT2D eigenvalue weighted by Crippen LogP contribution is -1.99. The van der Waals surface area contributed by atoms with Crippen molar-refractivity contribution in [1.29, 1.82) is 0 Å². The standard InChI is InChI=1S/C41H26N4O6/c46-39(47)25-5-1-23(2-6-25)37-35-21-32-15-13-30(43-32)19-28-11-12-29(42-28)20-31-14-16-33(44-31)22-36(38(37)24-3-7-26(8-4-24)40(48)49)45(35)34-17-9-27(10-18-34)41(50)51/h1-22,42H,(H,46,47)(H,48,49)(H,50,51). The van der Waals surface area contributed by atoms with Crippen LogP contribution >= 0.6 is 0 Å². The second kappa shape index (κ2) is 12.3. The average molecular weight is 671 g/mol. The van der Waals surface area contributed by atoms with Crippen LogP contribution in [0.3, 0.4) is 0 Å². The molecule has 8 rings (SSSR count). The lowest BCUT2D eigenvalue weighted by atomic mass is 9.94. The van der Waals surface area contributed by atoms with Crippen LogP contribution in [0.15, 0.2) is 109 Å². The summed E-state index contributed by atoms with van der Waals surface area (Å²) in [5.41, 5.74) is 9.62. The fourth-order valence-corrected chi connectivity index (χ4v) is 6.36. The number of nitrogens with one attached hydrogen (secondary N) is 1. The number of carboxylic acids is 3. The second-order valence-corrected chi connectivity index (χ2v) is 12.0. The number of rotatable bonds is 6. The average Bonchev–Trinajstić information content (AvgIpc) is 3.93. The predicted octanol–water partition coefficient (Wildman–Crippen LogP) is 8.55. The molecular weight excluding hydrogens is 644 g/mol. The van der Waals surface area contributed by atoms with Gasteiger partial charge in [0, 0.05) is 27.8 Å². The second-order valence-electron chi connectivity index (χ2n) is 12.0. The topological polar surface area (TPSA) is 158 Å². The predicted molar refractivity (Wildman–Crippen MR) is 196 cm³/mol. The third-order valence-electron chi connectivity index (χ3n) is 8.73. The molecule has 2 aliphatic rings. The Morgan fingerprint density at radius 1 is 0.471 bits per heavy atom. The molecule has 0 radical (unpaired) electrons. The Balaban J connectivity index is 1.58. The van der Waals surface area contributed by atoms with Gasteiger partial charge in [-0.15, -0.1) is 0 Å². The Labute approximate surface area is 289 Å². The van der Waals surface area contributed by atoms with Crippen molar-refractivity contribution in [2.75, 3.05) is 0 Å². The van der Waals surface area contributed by atoms with Crippen molar-refractivity contribution in [3.63, 3.8) is 0 Å². The van der Waals surface area contributed by atoms with E-state index < -0.39 is 17.9 Å². The van der Waals surface area contributed by atoms with Gasteiger partial charge in [-0.2, -0.15) is 0 Å². The highest BCUT2D eigenvalue weighted by molar-refractivity contribution is 6.06.